The van der Waals surface area contributed by atoms with E-state index in [1.807, 2.05) is 11.8 Å². The van der Waals surface area contributed by atoms with Crippen molar-refractivity contribution in [1.29, 1.82) is 0 Å². The van der Waals surface area contributed by atoms with Crippen LogP contribution in [-0.4, -0.2) is 17.8 Å². The SMILES string of the molecule is CN1c2ccccc2SC2C=CCC=CC21C. The first-order chi connectivity index (χ1) is 8.22. The second-order valence-corrected chi connectivity index (χ2v) is 6.04. The van der Waals surface area contributed by atoms with Gasteiger partial charge in [0.15, 0.2) is 0 Å². The van der Waals surface area contributed by atoms with Crippen LogP contribution in [0.25, 0.3) is 0 Å². The van der Waals surface area contributed by atoms with Crippen molar-refractivity contribution in [2.75, 3.05) is 11.9 Å². The molecule has 1 heterocycles. The highest BCUT2D eigenvalue weighted by Gasteiger charge is 2.40. The summed E-state index contributed by atoms with van der Waals surface area (Å²) in [6.07, 6.45) is 10.3. The van der Waals surface area contributed by atoms with Crippen LogP contribution in [0.15, 0.2) is 53.5 Å². The molecule has 0 saturated heterocycles. The minimum atomic E-state index is 0.0893. The highest BCUT2D eigenvalue weighted by atomic mass is 32.2. The number of thioether (sulfide) groups is 1. The maximum Gasteiger partial charge on any atom is 0.0710 e. The predicted molar refractivity (Wildman–Crippen MR) is 75.8 cm³/mol. The summed E-state index contributed by atoms with van der Waals surface area (Å²) in [5.41, 5.74) is 1.43. The zero-order valence-corrected chi connectivity index (χ0v) is 11.1. The molecule has 2 atom stereocenters. The van der Waals surface area contributed by atoms with E-state index in [1.54, 1.807) is 0 Å². The van der Waals surface area contributed by atoms with Crippen molar-refractivity contribution in [2.24, 2.45) is 0 Å². The van der Waals surface area contributed by atoms with E-state index in [2.05, 4.69) is 67.4 Å². The van der Waals surface area contributed by atoms with Gasteiger partial charge in [-0.3, -0.25) is 0 Å². The number of rotatable bonds is 0. The molecule has 3 rings (SSSR count). The molecule has 0 amide bonds. The first-order valence-electron chi connectivity index (χ1n) is 6.06. The molecule has 2 aliphatic rings. The summed E-state index contributed by atoms with van der Waals surface area (Å²) in [5, 5.41) is 0.501. The van der Waals surface area contributed by atoms with Gasteiger partial charge >= 0.3 is 0 Å². The zero-order valence-electron chi connectivity index (χ0n) is 10.3. The molecular weight excluding hydrogens is 226 g/mol. The number of hydrogen-bond donors (Lipinski definition) is 0. The van der Waals surface area contributed by atoms with Crippen molar-refractivity contribution < 1.29 is 0 Å². The quantitative estimate of drug-likeness (QED) is 0.636. The summed E-state index contributed by atoms with van der Waals surface area (Å²) in [6, 6.07) is 8.68. The lowest BCUT2D eigenvalue weighted by atomic mass is 9.94. The molecule has 1 aromatic rings. The van der Waals surface area contributed by atoms with E-state index in [-0.39, 0.29) is 5.54 Å². The smallest absolute Gasteiger partial charge is 0.0710 e. The fourth-order valence-corrected chi connectivity index (χ4v) is 3.99. The molecule has 2 unspecified atom stereocenters. The van der Waals surface area contributed by atoms with E-state index < -0.39 is 0 Å². The zero-order chi connectivity index (χ0) is 11.9. The third kappa shape index (κ3) is 1.62. The molecule has 0 aromatic heterocycles. The van der Waals surface area contributed by atoms with Crippen LogP contribution < -0.4 is 4.90 Å². The van der Waals surface area contributed by atoms with Gasteiger partial charge in [0, 0.05) is 11.9 Å². The lowest BCUT2D eigenvalue weighted by Crippen LogP contribution is -2.51. The molecule has 17 heavy (non-hydrogen) atoms. The molecule has 1 aliphatic heterocycles. The maximum absolute atomic E-state index is 2.41. The largest absolute Gasteiger partial charge is 0.363 e. The summed E-state index contributed by atoms with van der Waals surface area (Å²) in [6.45, 7) is 2.33. The van der Waals surface area contributed by atoms with Crippen LogP contribution in [0.1, 0.15) is 13.3 Å². The highest BCUT2D eigenvalue weighted by molar-refractivity contribution is 8.00. The van der Waals surface area contributed by atoms with E-state index in [4.69, 9.17) is 0 Å². The molecule has 1 nitrogen and oxygen atoms in total. The maximum atomic E-state index is 2.41. The van der Waals surface area contributed by atoms with Crippen molar-refractivity contribution in [3.8, 4) is 0 Å². The Kier molecular flexibility index (Phi) is 2.55. The molecule has 0 radical (unpaired) electrons. The van der Waals surface area contributed by atoms with Gasteiger partial charge in [-0.15, -0.1) is 11.8 Å². The Morgan fingerprint density at radius 2 is 2.12 bits per heavy atom. The van der Waals surface area contributed by atoms with Gasteiger partial charge in [-0.25, -0.2) is 0 Å². The van der Waals surface area contributed by atoms with Gasteiger partial charge in [-0.2, -0.15) is 0 Å². The second-order valence-electron chi connectivity index (χ2n) is 4.86. The van der Waals surface area contributed by atoms with Gasteiger partial charge in [0.05, 0.1) is 16.5 Å². The molecule has 1 aromatic carbocycles. The minimum absolute atomic E-state index is 0.0893. The molecule has 0 spiro atoms. The average Bonchev–Trinajstić information content (AvgIpc) is 2.53. The predicted octanol–water partition coefficient (Wildman–Crippen LogP) is 3.87. The van der Waals surface area contributed by atoms with E-state index >= 15 is 0 Å². The van der Waals surface area contributed by atoms with Crippen LogP contribution >= 0.6 is 11.8 Å². The van der Waals surface area contributed by atoms with Crippen LogP contribution in [0.2, 0.25) is 0 Å². The first-order valence-corrected chi connectivity index (χ1v) is 6.94. The standard InChI is InChI=1S/C15H17NS/c1-15-11-7-3-4-10-14(15)17-13-9-6-5-8-12(13)16(15)2/h4-11,14H,3H2,1-2H3. The Morgan fingerprint density at radius 1 is 1.29 bits per heavy atom. The van der Waals surface area contributed by atoms with E-state index in [9.17, 15) is 0 Å². The van der Waals surface area contributed by atoms with Crippen LogP contribution in [0.3, 0.4) is 0 Å². The molecule has 0 bridgehead atoms. The molecule has 2 heteroatoms. The topological polar surface area (TPSA) is 3.24 Å². The number of para-hydroxylation sites is 1. The number of allylic oxidation sites excluding steroid dienone is 2. The van der Waals surface area contributed by atoms with Crippen molar-refractivity contribution >= 4 is 17.4 Å². The summed E-state index contributed by atoms with van der Waals surface area (Å²) in [4.78, 5) is 3.80. The normalized spacial score (nSPS) is 30.7. The Labute approximate surface area is 107 Å². The number of anilines is 1. The third-order valence-electron chi connectivity index (χ3n) is 3.82. The molecule has 0 N–H and O–H groups in total. The van der Waals surface area contributed by atoms with Crippen LogP contribution in [0.5, 0.6) is 0 Å². The van der Waals surface area contributed by atoms with E-state index in [0.29, 0.717) is 5.25 Å². The monoisotopic (exact) mass is 243 g/mol. The molecule has 0 fully saturated rings. The van der Waals surface area contributed by atoms with Crippen molar-refractivity contribution in [2.45, 2.75) is 29.0 Å². The minimum Gasteiger partial charge on any atom is -0.363 e. The van der Waals surface area contributed by atoms with Gasteiger partial charge < -0.3 is 4.90 Å². The van der Waals surface area contributed by atoms with Crippen molar-refractivity contribution in [3.63, 3.8) is 0 Å². The highest BCUT2D eigenvalue weighted by Crippen LogP contribution is 2.47. The van der Waals surface area contributed by atoms with E-state index in [0.717, 1.165) is 6.42 Å². The fourth-order valence-electron chi connectivity index (χ4n) is 2.57. The van der Waals surface area contributed by atoms with Gasteiger partial charge in [-0.05, 0) is 25.5 Å². The third-order valence-corrected chi connectivity index (χ3v) is 5.31. The van der Waals surface area contributed by atoms with Crippen molar-refractivity contribution in [1.82, 2.24) is 0 Å². The van der Waals surface area contributed by atoms with Gasteiger partial charge in [0.2, 0.25) is 0 Å². The van der Waals surface area contributed by atoms with Crippen molar-refractivity contribution in [3.05, 3.63) is 48.6 Å². The summed E-state index contributed by atoms with van der Waals surface area (Å²) >= 11 is 1.98. The summed E-state index contributed by atoms with van der Waals surface area (Å²) in [7, 11) is 2.20. The molecular formula is C15H17NS. The lowest BCUT2D eigenvalue weighted by Gasteiger charge is -2.47. The Bertz CT molecular complexity index is 491. The number of likely N-dealkylation sites (N-methyl/N-ethyl adjacent to an activating group) is 1. The Hall–Kier alpha value is -1.15. The van der Waals surface area contributed by atoms with Gasteiger partial charge in [0.1, 0.15) is 0 Å². The van der Waals surface area contributed by atoms with E-state index in [1.165, 1.54) is 10.6 Å². The molecule has 88 valence electrons. The Balaban J connectivity index is 2.14. The number of fused-ring (bicyclic) bond motifs is 2. The first kappa shape index (κ1) is 11.0. The number of hydrogen-bond acceptors (Lipinski definition) is 2. The molecule has 0 saturated carbocycles. The second kappa shape index (κ2) is 3.95. The van der Waals surface area contributed by atoms with Crippen LogP contribution in [0.4, 0.5) is 5.69 Å². The number of nitrogens with zero attached hydrogens (tertiary/aromatic N) is 1. The van der Waals surface area contributed by atoms with Crippen LogP contribution in [0, 0.1) is 0 Å². The summed E-state index contributed by atoms with van der Waals surface area (Å²) < 4.78 is 0. The van der Waals surface area contributed by atoms with Gasteiger partial charge in [0.25, 0.3) is 0 Å². The van der Waals surface area contributed by atoms with Crippen LogP contribution in [-0.2, 0) is 0 Å². The Morgan fingerprint density at radius 3 is 3.00 bits per heavy atom. The summed E-state index contributed by atoms with van der Waals surface area (Å²) in [5.74, 6) is 0. The molecule has 1 aliphatic carbocycles. The van der Waals surface area contributed by atoms with Gasteiger partial charge in [-0.1, -0.05) is 36.4 Å². The lowest BCUT2D eigenvalue weighted by molar-refractivity contribution is 0.555. The number of benzene rings is 1. The fraction of sp³-hybridized carbons (Fsp3) is 0.333. The average molecular weight is 243 g/mol.